The summed E-state index contributed by atoms with van der Waals surface area (Å²) in [4.78, 5) is 27.4. The predicted octanol–water partition coefficient (Wildman–Crippen LogP) is 0.255. The molecule has 2 N–H and O–H groups in total. The highest BCUT2D eigenvalue weighted by atomic mass is 32.2. The molecule has 0 bridgehead atoms. The van der Waals surface area contributed by atoms with E-state index in [1.807, 2.05) is 27.7 Å². The molecule has 4 amide bonds. The maximum atomic E-state index is 12.1. The normalized spacial score (nSPS) is 22.4. The van der Waals surface area contributed by atoms with Crippen LogP contribution in [0.5, 0.6) is 0 Å². The summed E-state index contributed by atoms with van der Waals surface area (Å²) >= 11 is 0. The molecule has 0 saturated carbocycles. The first-order chi connectivity index (χ1) is 10.8. The Kier molecular flexibility index (Phi) is 7.11. The molecule has 0 aromatic rings. The SMILES string of the molecule is CCN(CC)C(=O)N[C@H]1CS(=O)(=O)C[C@@H]1NC(=O)N(CC)CC. The second-order valence-electron chi connectivity index (χ2n) is 5.53. The fourth-order valence-corrected chi connectivity index (χ4v) is 4.52. The van der Waals surface area contributed by atoms with Crippen LogP contribution in [0.1, 0.15) is 27.7 Å². The van der Waals surface area contributed by atoms with Gasteiger partial charge in [0.15, 0.2) is 9.84 Å². The van der Waals surface area contributed by atoms with Crippen LogP contribution in [0.4, 0.5) is 9.59 Å². The van der Waals surface area contributed by atoms with Crippen molar-refractivity contribution in [2.45, 2.75) is 39.8 Å². The molecule has 2 atom stereocenters. The van der Waals surface area contributed by atoms with Gasteiger partial charge in [-0.25, -0.2) is 18.0 Å². The number of hydrogen-bond donors (Lipinski definition) is 2. The van der Waals surface area contributed by atoms with Crippen molar-refractivity contribution in [1.82, 2.24) is 20.4 Å². The number of nitrogens with one attached hydrogen (secondary N) is 2. The van der Waals surface area contributed by atoms with E-state index in [1.54, 1.807) is 9.80 Å². The third kappa shape index (κ3) is 5.26. The van der Waals surface area contributed by atoms with Crippen LogP contribution >= 0.6 is 0 Å². The highest BCUT2D eigenvalue weighted by molar-refractivity contribution is 7.91. The number of carbonyl (C=O) groups excluding carboxylic acids is 2. The van der Waals surface area contributed by atoms with Gasteiger partial charge < -0.3 is 20.4 Å². The summed E-state index contributed by atoms with van der Waals surface area (Å²) in [5, 5.41) is 5.48. The van der Waals surface area contributed by atoms with Crippen LogP contribution < -0.4 is 10.6 Å². The third-order valence-electron chi connectivity index (χ3n) is 4.07. The van der Waals surface area contributed by atoms with Crippen molar-refractivity contribution >= 4 is 21.9 Å². The van der Waals surface area contributed by atoms with E-state index < -0.39 is 21.9 Å². The first-order valence-electron chi connectivity index (χ1n) is 8.09. The van der Waals surface area contributed by atoms with Crippen molar-refractivity contribution < 1.29 is 18.0 Å². The summed E-state index contributed by atoms with van der Waals surface area (Å²) in [6.07, 6.45) is 0. The summed E-state index contributed by atoms with van der Waals surface area (Å²) in [5.74, 6) is -0.299. The summed E-state index contributed by atoms with van der Waals surface area (Å²) in [6, 6.07) is -1.82. The number of amides is 4. The Morgan fingerprint density at radius 1 is 0.826 bits per heavy atom. The Hall–Kier alpha value is -1.51. The van der Waals surface area contributed by atoms with Gasteiger partial charge in [0.05, 0.1) is 23.6 Å². The Bertz CT molecular complexity index is 475. The smallest absolute Gasteiger partial charge is 0.317 e. The van der Waals surface area contributed by atoms with Gasteiger partial charge >= 0.3 is 12.1 Å². The van der Waals surface area contributed by atoms with Crippen LogP contribution in [0, 0.1) is 0 Å². The molecule has 1 heterocycles. The van der Waals surface area contributed by atoms with Crippen molar-refractivity contribution in [3.8, 4) is 0 Å². The van der Waals surface area contributed by atoms with Gasteiger partial charge in [-0.2, -0.15) is 0 Å². The molecule has 9 heteroatoms. The Balaban J connectivity index is 2.79. The van der Waals surface area contributed by atoms with Gasteiger partial charge in [-0.3, -0.25) is 0 Å². The maximum Gasteiger partial charge on any atom is 0.317 e. The van der Waals surface area contributed by atoms with Crippen molar-refractivity contribution in [2.24, 2.45) is 0 Å². The predicted molar refractivity (Wildman–Crippen MR) is 89.1 cm³/mol. The van der Waals surface area contributed by atoms with Crippen molar-refractivity contribution in [3.05, 3.63) is 0 Å². The van der Waals surface area contributed by atoms with E-state index in [0.717, 1.165) is 0 Å². The Morgan fingerprint density at radius 3 is 1.39 bits per heavy atom. The molecule has 1 aliphatic heterocycles. The fourth-order valence-electron chi connectivity index (χ4n) is 2.65. The maximum absolute atomic E-state index is 12.1. The molecular weight excluding hydrogens is 320 g/mol. The molecule has 8 nitrogen and oxygen atoms in total. The van der Waals surface area contributed by atoms with E-state index in [4.69, 9.17) is 0 Å². The molecule has 23 heavy (non-hydrogen) atoms. The van der Waals surface area contributed by atoms with Crippen LogP contribution in [0.25, 0.3) is 0 Å². The zero-order valence-electron chi connectivity index (χ0n) is 14.3. The van der Waals surface area contributed by atoms with E-state index >= 15 is 0 Å². The zero-order chi connectivity index (χ0) is 17.6. The van der Waals surface area contributed by atoms with Gasteiger partial charge in [0.25, 0.3) is 0 Å². The molecule has 1 fully saturated rings. The standard InChI is InChI=1S/C14H28N4O4S/c1-5-17(6-2)13(19)15-11-9-23(21,22)10-12(11)16-14(20)18(7-3)8-4/h11-12H,5-10H2,1-4H3,(H,15,19)(H,16,20)/t11-,12-/m0/s1. The van der Waals surface area contributed by atoms with Crippen molar-refractivity contribution in [3.63, 3.8) is 0 Å². The quantitative estimate of drug-likeness (QED) is 0.719. The van der Waals surface area contributed by atoms with Crippen LogP contribution in [0.3, 0.4) is 0 Å². The third-order valence-corrected chi connectivity index (χ3v) is 5.81. The van der Waals surface area contributed by atoms with E-state index in [1.165, 1.54) is 0 Å². The molecule has 0 aliphatic carbocycles. The summed E-state index contributed by atoms with van der Waals surface area (Å²) in [6.45, 7) is 9.58. The first kappa shape index (κ1) is 19.5. The number of carbonyl (C=O) groups is 2. The fraction of sp³-hybridized carbons (Fsp3) is 0.857. The van der Waals surface area contributed by atoms with Crippen LogP contribution in [0.2, 0.25) is 0 Å². The number of hydrogen-bond acceptors (Lipinski definition) is 4. The molecular formula is C14H28N4O4S. The molecule has 1 aliphatic rings. The Labute approximate surface area is 138 Å². The van der Waals surface area contributed by atoms with Crippen LogP contribution in [0.15, 0.2) is 0 Å². The van der Waals surface area contributed by atoms with Crippen molar-refractivity contribution in [1.29, 1.82) is 0 Å². The minimum absolute atomic E-state index is 0.150. The number of urea groups is 2. The lowest BCUT2D eigenvalue weighted by Gasteiger charge is -2.27. The minimum atomic E-state index is -3.28. The van der Waals surface area contributed by atoms with E-state index in [0.29, 0.717) is 26.2 Å². The summed E-state index contributed by atoms with van der Waals surface area (Å²) in [7, 11) is -3.28. The topological polar surface area (TPSA) is 98.8 Å². The first-order valence-corrected chi connectivity index (χ1v) is 9.91. The molecule has 134 valence electrons. The lowest BCUT2D eigenvalue weighted by atomic mass is 10.2. The van der Waals surface area contributed by atoms with Gasteiger partial charge in [0, 0.05) is 26.2 Å². The number of nitrogens with zero attached hydrogens (tertiary/aromatic N) is 2. The summed E-state index contributed by atoms with van der Waals surface area (Å²) in [5.41, 5.74) is 0. The molecule has 0 unspecified atom stereocenters. The van der Waals surface area contributed by atoms with E-state index in [2.05, 4.69) is 10.6 Å². The lowest BCUT2D eigenvalue weighted by Crippen LogP contribution is -2.56. The zero-order valence-corrected chi connectivity index (χ0v) is 15.1. The van der Waals surface area contributed by atoms with Crippen LogP contribution in [-0.4, -0.2) is 80.0 Å². The average Bonchev–Trinajstić information content (AvgIpc) is 2.75. The molecule has 0 radical (unpaired) electrons. The molecule has 0 aromatic heterocycles. The van der Waals surface area contributed by atoms with Crippen LogP contribution in [-0.2, 0) is 9.84 Å². The highest BCUT2D eigenvalue weighted by Gasteiger charge is 2.40. The van der Waals surface area contributed by atoms with Gasteiger partial charge in [-0.1, -0.05) is 0 Å². The van der Waals surface area contributed by atoms with Gasteiger partial charge in [-0.05, 0) is 27.7 Å². The van der Waals surface area contributed by atoms with Gasteiger partial charge in [0.1, 0.15) is 0 Å². The molecule has 1 saturated heterocycles. The van der Waals surface area contributed by atoms with E-state index in [9.17, 15) is 18.0 Å². The summed E-state index contributed by atoms with van der Waals surface area (Å²) < 4.78 is 23.8. The van der Waals surface area contributed by atoms with E-state index in [-0.39, 0.29) is 23.6 Å². The second-order valence-corrected chi connectivity index (χ2v) is 7.69. The van der Waals surface area contributed by atoms with Crippen molar-refractivity contribution in [2.75, 3.05) is 37.7 Å². The Morgan fingerprint density at radius 2 is 1.13 bits per heavy atom. The minimum Gasteiger partial charge on any atom is -0.332 e. The number of rotatable bonds is 6. The molecule has 0 aromatic carbocycles. The highest BCUT2D eigenvalue weighted by Crippen LogP contribution is 2.14. The number of sulfone groups is 1. The van der Waals surface area contributed by atoms with Gasteiger partial charge in [0.2, 0.25) is 0 Å². The lowest BCUT2D eigenvalue weighted by molar-refractivity contribution is 0.190. The molecule has 0 spiro atoms. The average molecular weight is 348 g/mol. The second kappa shape index (κ2) is 8.37. The monoisotopic (exact) mass is 348 g/mol. The van der Waals surface area contributed by atoms with Gasteiger partial charge in [-0.15, -0.1) is 0 Å². The largest absolute Gasteiger partial charge is 0.332 e. The molecule has 1 rings (SSSR count).